The molecule has 0 spiro atoms. The van der Waals surface area contributed by atoms with Crippen molar-refractivity contribution in [3.05, 3.63) is 0 Å². The lowest BCUT2D eigenvalue weighted by Gasteiger charge is -2.13. The van der Waals surface area contributed by atoms with Gasteiger partial charge in [0.05, 0.1) is 0 Å². The van der Waals surface area contributed by atoms with Gasteiger partial charge in [0.1, 0.15) is 6.10 Å². The van der Waals surface area contributed by atoms with Crippen LogP contribution in [0.5, 0.6) is 0 Å². The van der Waals surface area contributed by atoms with Crippen LogP contribution in [0.4, 0.5) is 0 Å². The topological polar surface area (TPSA) is 66.6 Å². The average molecular weight is 132 g/mol. The van der Waals surface area contributed by atoms with E-state index in [0.29, 0.717) is 0 Å². The molecule has 1 atom stereocenters. The highest BCUT2D eigenvalue weighted by atomic mass is 16.3. The van der Waals surface area contributed by atoms with Crippen LogP contribution in [0.15, 0.2) is 0 Å². The Labute approximate surface area is 54.3 Å². The highest BCUT2D eigenvalue weighted by Crippen LogP contribution is 1.84. The summed E-state index contributed by atoms with van der Waals surface area (Å²) < 4.78 is 0. The Hall–Kier alpha value is -0.610. The number of carbonyl (C=O) groups is 1. The summed E-state index contributed by atoms with van der Waals surface area (Å²) >= 11 is 0. The number of nitrogens with zero attached hydrogens (tertiary/aromatic N) is 1. The van der Waals surface area contributed by atoms with Crippen LogP contribution in [-0.4, -0.2) is 42.7 Å². The van der Waals surface area contributed by atoms with Crippen molar-refractivity contribution in [2.24, 2.45) is 5.73 Å². The van der Waals surface area contributed by atoms with Crippen LogP contribution in [-0.2, 0) is 4.79 Å². The minimum Gasteiger partial charge on any atom is -0.382 e. The summed E-state index contributed by atoms with van der Waals surface area (Å²) in [6, 6.07) is 0. The molecule has 0 saturated heterocycles. The molecule has 0 fully saturated rings. The van der Waals surface area contributed by atoms with Crippen molar-refractivity contribution < 1.29 is 9.90 Å². The van der Waals surface area contributed by atoms with Crippen LogP contribution < -0.4 is 5.73 Å². The van der Waals surface area contributed by atoms with Gasteiger partial charge in [-0.05, 0) is 0 Å². The van der Waals surface area contributed by atoms with E-state index in [1.165, 1.54) is 4.90 Å². The Morgan fingerprint density at radius 1 is 1.78 bits per heavy atom. The third kappa shape index (κ3) is 2.43. The maximum atomic E-state index is 10.7. The third-order valence-electron chi connectivity index (χ3n) is 0.949. The predicted octanol–water partition coefficient (Wildman–Crippen LogP) is -1.61. The number of rotatable bonds is 2. The molecule has 0 radical (unpaired) electrons. The molecule has 4 heteroatoms. The van der Waals surface area contributed by atoms with Crippen LogP contribution in [0, 0.1) is 0 Å². The lowest BCUT2D eigenvalue weighted by Crippen LogP contribution is -2.38. The average Bonchev–Trinajstić information content (AvgIpc) is 1.84. The standard InChI is InChI=1S/C5H12N2O2/c1-7(2)5(9)4(8)3-6/h4,8H,3,6H2,1-2H3/t4-/m0/s1. The summed E-state index contributed by atoms with van der Waals surface area (Å²) in [5.41, 5.74) is 5.01. The van der Waals surface area contributed by atoms with Gasteiger partial charge in [-0.25, -0.2) is 0 Å². The molecular formula is C5H12N2O2. The van der Waals surface area contributed by atoms with Gasteiger partial charge in [0, 0.05) is 20.6 Å². The first-order chi connectivity index (χ1) is 4.09. The Morgan fingerprint density at radius 3 is 2.33 bits per heavy atom. The number of amides is 1. The maximum absolute atomic E-state index is 10.7. The number of nitrogens with two attached hydrogens (primary N) is 1. The number of carbonyl (C=O) groups excluding carboxylic acids is 1. The number of likely N-dealkylation sites (N-methyl/N-ethyl adjacent to an activating group) is 1. The maximum Gasteiger partial charge on any atom is 0.252 e. The van der Waals surface area contributed by atoms with E-state index in [4.69, 9.17) is 10.8 Å². The zero-order valence-electron chi connectivity index (χ0n) is 5.66. The summed E-state index contributed by atoms with van der Waals surface area (Å²) in [5.74, 6) is -0.350. The largest absolute Gasteiger partial charge is 0.382 e. The Morgan fingerprint density at radius 2 is 2.22 bits per heavy atom. The van der Waals surface area contributed by atoms with Gasteiger partial charge in [0.2, 0.25) is 0 Å². The van der Waals surface area contributed by atoms with E-state index in [1.54, 1.807) is 14.1 Å². The van der Waals surface area contributed by atoms with Gasteiger partial charge < -0.3 is 15.7 Å². The van der Waals surface area contributed by atoms with Crippen molar-refractivity contribution in [2.45, 2.75) is 6.10 Å². The first-order valence-corrected chi connectivity index (χ1v) is 2.69. The van der Waals surface area contributed by atoms with Crippen molar-refractivity contribution in [1.82, 2.24) is 4.90 Å². The zero-order valence-corrected chi connectivity index (χ0v) is 5.66. The Kier molecular flexibility index (Phi) is 3.19. The zero-order chi connectivity index (χ0) is 7.44. The first kappa shape index (κ1) is 8.39. The van der Waals surface area contributed by atoms with Crippen molar-refractivity contribution in [2.75, 3.05) is 20.6 Å². The van der Waals surface area contributed by atoms with E-state index in [1.807, 2.05) is 0 Å². The monoisotopic (exact) mass is 132 g/mol. The van der Waals surface area contributed by atoms with Crippen LogP contribution in [0.3, 0.4) is 0 Å². The molecular weight excluding hydrogens is 120 g/mol. The third-order valence-corrected chi connectivity index (χ3v) is 0.949. The molecule has 54 valence electrons. The quantitative estimate of drug-likeness (QED) is 0.475. The van der Waals surface area contributed by atoms with Gasteiger partial charge in [-0.2, -0.15) is 0 Å². The summed E-state index contributed by atoms with van der Waals surface area (Å²) in [6.07, 6.45) is -1.04. The first-order valence-electron chi connectivity index (χ1n) is 2.69. The molecule has 0 heterocycles. The van der Waals surface area contributed by atoms with Crippen LogP contribution >= 0.6 is 0 Å². The van der Waals surface area contributed by atoms with E-state index in [2.05, 4.69) is 0 Å². The highest BCUT2D eigenvalue weighted by Gasteiger charge is 2.13. The van der Waals surface area contributed by atoms with E-state index >= 15 is 0 Å². The molecule has 0 aromatic carbocycles. The summed E-state index contributed by atoms with van der Waals surface area (Å²) in [6.45, 7) is -0.0169. The molecule has 1 amide bonds. The Balaban J connectivity index is 3.73. The van der Waals surface area contributed by atoms with Crippen molar-refractivity contribution in [3.63, 3.8) is 0 Å². The molecule has 0 aliphatic heterocycles. The molecule has 0 aromatic heterocycles. The molecule has 3 N–H and O–H groups in total. The predicted molar refractivity (Wildman–Crippen MR) is 33.8 cm³/mol. The number of hydrogen-bond acceptors (Lipinski definition) is 3. The van der Waals surface area contributed by atoms with Gasteiger partial charge >= 0.3 is 0 Å². The normalized spacial score (nSPS) is 12.9. The summed E-state index contributed by atoms with van der Waals surface area (Å²) in [5, 5.41) is 8.78. The second-order valence-corrected chi connectivity index (χ2v) is 1.98. The molecule has 0 aromatic rings. The van der Waals surface area contributed by atoms with Crippen molar-refractivity contribution >= 4 is 5.91 Å². The fraction of sp³-hybridized carbons (Fsp3) is 0.800. The summed E-state index contributed by atoms with van der Waals surface area (Å²) in [7, 11) is 3.14. The van der Waals surface area contributed by atoms with Gasteiger partial charge in [0.25, 0.3) is 5.91 Å². The van der Waals surface area contributed by atoms with Crippen molar-refractivity contribution in [1.29, 1.82) is 0 Å². The molecule has 0 bridgehead atoms. The van der Waals surface area contributed by atoms with Crippen LogP contribution in [0.25, 0.3) is 0 Å². The number of aliphatic hydroxyl groups excluding tert-OH is 1. The van der Waals surface area contributed by atoms with Crippen molar-refractivity contribution in [3.8, 4) is 0 Å². The van der Waals surface area contributed by atoms with E-state index in [0.717, 1.165) is 0 Å². The fourth-order valence-corrected chi connectivity index (χ4v) is 0.399. The second kappa shape index (κ2) is 3.42. The smallest absolute Gasteiger partial charge is 0.252 e. The lowest BCUT2D eigenvalue weighted by atomic mass is 10.3. The minimum absolute atomic E-state index is 0.0169. The van der Waals surface area contributed by atoms with E-state index in [9.17, 15) is 4.79 Å². The van der Waals surface area contributed by atoms with Gasteiger partial charge in [-0.15, -0.1) is 0 Å². The van der Waals surface area contributed by atoms with Crippen LogP contribution in [0.1, 0.15) is 0 Å². The van der Waals surface area contributed by atoms with Gasteiger partial charge in [-0.1, -0.05) is 0 Å². The second-order valence-electron chi connectivity index (χ2n) is 1.98. The minimum atomic E-state index is -1.04. The number of aliphatic hydroxyl groups is 1. The van der Waals surface area contributed by atoms with Gasteiger partial charge in [-0.3, -0.25) is 4.79 Å². The SMILES string of the molecule is CN(C)C(=O)[C@@H](O)CN. The Bertz CT molecular complexity index is 103. The summed E-state index contributed by atoms with van der Waals surface area (Å²) in [4.78, 5) is 12.0. The highest BCUT2D eigenvalue weighted by molar-refractivity contribution is 5.80. The lowest BCUT2D eigenvalue weighted by molar-refractivity contribution is -0.136. The molecule has 4 nitrogen and oxygen atoms in total. The molecule has 0 rings (SSSR count). The van der Waals surface area contributed by atoms with E-state index < -0.39 is 6.10 Å². The molecule has 0 aliphatic rings. The molecule has 0 saturated carbocycles. The molecule has 0 unspecified atom stereocenters. The van der Waals surface area contributed by atoms with Gasteiger partial charge in [0.15, 0.2) is 0 Å². The van der Waals surface area contributed by atoms with E-state index in [-0.39, 0.29) is 12.5 Å². The fourth-order valence-electron chi connectivity index (χ4n) is 0.399. The van der Waals surface area contributed by atoms with Crippen LogP contribution in [0.2, 0.25) is 0 Å². The molecule has 9 heavy (non-hydrogen) atoms. The number of hydrogen-bond donors (Lipinski definition) is 2. The molecule has 0 aliphatic carbocycles.